The Kier molecular flexibility index (Phi) is 5.91. The number of esters is 1. The molecule has 6 nitrogen and oxygen atoms in total. The molecule has 0 bridgehead atoms. The second-order valence-corrected chi connectivity index (χ2v) is 5.01. The normalized spacial score (nSPS) is 10.5. The SMILES string of the molecule is C=CC(=O)NCCCc1nc2ccccc2n1CC(=O)OCC. The van der Waals surface area contributed by atoms with Crippen LogP contribution in [0.2, 0.25) is 0 Å². The summed E-state index contributed by atoms with van der Waals surface area (Å²) in [5.74, 6) is 0.342. The lowest BCUT2D eigenvalue weighted by Crippen LogP contribution is -2.23. The molecule has 0 saturated heterocycles. The Morgan fingerprint density at radius 1 is 1.39 bits per heavy atom. The number of para-hydroxylation sites is 2. The molecule has 0 aliphatic rings. The fourth-order valence-electron chi connectivity index (χ4n) is 2.36. The molecule has 0 unspecified atom stereocenters. The Balaban J connectivity index is 2.12. The summed E-state index contributed by atoms with van der Waals surface area (Å²) in [5, 5.41) is 2.73. The van der Waals surface area contributed by atoms with Gasteiger partial charge in [-0.3, -0.25) is 9.59 Å². The Labute approximate surface area is 135 Å². The highest BCUT2D eigenvalue weighted by atomic mass is 16.5. The van der Waals surface area contributed by atoms with Crippen LogP contribution in [0.4, 0.5) is 0 Å². The lowest BCUT2D eigenvalue weighted by molar-refractivity contribution is -0.143. The molecule has 1 N–H and O–H groups in total. The third-order valence-corrected chi connectivity index (χ3v) is 3.39. The predicted octanol–water partition coefficient (Wildman–Crippen LogP) is 1.83. The first-order valence-corrected chi connectivity index (χ1v) is 7.65. The number of nitrogens with one attached hydrogen (secondary N) is 1. The topological polar surface area (TPSA) is 73.2 Å². The van der Waals surface area contributed by atoms with E-state index in [1.807, 2.05) is 28.8 Å². The predicted molar refractivity (Wildman–Crippen MR) is 87.9 cm³/mol. The Bertz CT molecular complexity index is 706. The van der Waals surface area contributed by atoms with Crippen molar-refractivity contribution in [1.82, 2.24) is 14.9 Å². The van der Waals surface area contributed by atoms with E-state index in [2.05, 4.69) is 16.9 Å². The van der Waals surface area contributed by atoms with Gasteiger partial charge in [0, 0.05) is 13.0 Å². The Morgan fingerprint density at radius 2 is 2.17 bits per heavy atom. The number of imidazole rings is 1. The van der Waals surface area contributed by atoms with Crippen LogP contribution in [0, 0.1) is 0 Å². The number of ether oxygens (including phenoxy) is 1. The summed E-state index contributed by atoms with van der Waals surface area (Å²) in [4.78, 5) is 27.5. The van der Waals surface area contributed by atoms with Gasteiger partial charge < -0.3 is 14.6 Å². The maximum atomic E-state index is 11.8. The Hall–Kier alpha value is -2.63. The van der Waals surface area contributed by atoms with Gasteiger partial charge in [0.2, 0.25) is 5.91 Å². The monoisotopic (exact) mass is 315 g/mol. The minimum absolute atomic E-state index is 0.142. The van der Waals surface area contributed by atoms with E-state index in [4.69, 9.17) is 4.74 Å². The van der Waals surface area contributed by atoms with E-state index in [0.717, 1.165) is 23.3 Å². The van der Waals surface area contributed by atoms with Crippen molar-refractivity contribution in [2.24, 2.45) is 0 Å². The van der Waals surface area contributed by atoms with E-state index < -0.39 is 0 Å². The van der Waals surface area contributed by atoms with Gasteiger partial charge in [-0.1, -0.05) is 18.7 Å². The zero-order valence-electron chi connectivity index (χ0n) is 13.2. The van der Waals surface area contributed by atoms with Crippen LogP contribution in [-0.2, 0) is 27.3 Å². The number of benzene rings is 1. The van der Waals surface area contributed by atoms with Gasteiger partial charge in [-0.05, 0) is 31.6 Å². The fourth-order valence-corrected chi connectivity index (χ4v) is 2.36. The standard InChI is InChI=1S/C17H21N3O3/c1-3-16(21)18-11-7-10-15-19-13-8-5-6-9-14(13)20(15)12-17(22)23-4-2/h3,5-6,8-9H,1,4,7,10-12H2,2H3,(H,18,21). The summed E-state index contributed by atoms with van der Waals surface area (Å²) < 4.78 is 6.91. The van der Waals surface area contributed by atoms with Crippen molar-refractivity contribution in [3.63, 3.8) is 0 Å². The van der Waals surface area contributed by atoms with Crippen molar-refractivity contribution >= 4 is 22.9 Å². The molecule has 0 atom stereocenters. The highest BCUT2D eigenvalue weighted by molar-refractivity contribution is 5.86. The number of fused-ring (bicyclic) bond motifs is 1. The number of carbonyl (C=O) groups is 2. The number of aryl methyl sites for hydroxylation is 1. The lowest BCUT2D eigenvalue weighted by Gasteiger charge is -2.09. The molecule has 0 aliphatic carbocycles. The van der Waals surface area contributed by atoms with E-state index in [1.54, 1.807) is 6.92 Å². The average Bonchev–Trinajstić information content (AvgIpc) is 2.89. The van der Waals surface area contributed by atoms with Gasteiger partial charge in [-0.2, -0.15) is 0 Å². The molecule has 23 heavy (non-hydrogen) atoms. The molecular weight excluding hydrogens is 294 g/mol. The molecule has 1 amide bonds. The molecule has 1 aromatic carbocycles. The molecule has 1 aromatic heterocycles. The second-order valence-electron chi connectivity index (χ2n) is 5.01. The molecule has 2 rings (SSSR count). The average molecular weight is 315 g/mol. The number of nitrogens with zero attached hydrogens (tertiary/aromatic N) is 2. The van der Waals surface area contributed by atoms with Gasteiger partial charge in [0.05, 0.1) is 17.6 Å². The number of rotatable bonds is 8. The van der Waals surface area contributed by atoms with Crippen LogP contribution in [0.25, 0.3) is 11.0 Å². The van der Waals surface area contributed by atoms with Crippen LogP contribution in [0.1, 0.15) is 19.2 Å². The zero-order chi connectivity index (χ0) is 16.7. The second kappa shape index (κ2) is 8.12. The zero-order valence-corrected chi connectivity index (χ0v) is 13.2. The number of hydrogen-bond donors (Lipinski definition) is 1. The summed E-state index contributed by atoms with van der Waals surface area (Å²) in [7, 11) is 0. The lowest BCUT2D eigenvalue weighted by atomic mass is 10.3. The van der Waals surface area contributed by atoms with Gasteiger partial charge in [0.15, 0.2) is 0 Å². The van der Waals surface area contributed by atoms with E-state index in [-0.39, 0.29) is 18.4 Å². The maximum absolute atomic E-state index is 11.8. The van der Waals surface area contributed by atoms with E-state index in [9.17, 15) is 9.59 Å². The minimum atomic E-state index is -0.281. The molecule has 0 saturated carbocycles. The summed E-state index contributed by atoms with van der Waals surface area (Å²) in [6.45, 7) is 6.23. The van der Waals surface area contributed by atoms with E-state index in [1.165, 1.54) is 6.08 Å². The number of aromatic nitrogens is 2. The quantitative estimate of drug-likeness (QED) is 0.458. The van der Waals surface area contributed by atoms with E-state index in [0.29, 0.717) is 19.6 Å². The first kappa shape index (κ1) is 16.7. The minimum Gasteiger partial charge on any atom is -0.465 e. The first-order valence-electron chi connectivity index (χ1n) is 7.65. The fraction of sp³-hybridized carbons (Fsp3) is 0.353. The molecule has 0 radical (unpaired) electrons. The van der Waals surface area contributed by atoms with Gasteiger partial charge >= 0.3 is 5.97 Å². The Morgan fingerprint density at radius 3 is 2.91 bits per heavy atom. The van der Waals surface area contributed by atoms with Crippen LogP contribution in [-0.4, -0.2) is 34.6 Å². The molecule has 2 aromatic rings. The smallest absolute Gasteiger partial charge is 0.326 e. The molecule has 0 fully saturated rings. The maximum Gasteiger partial charge on any atom is 0.326 e. The largest absolute Gasteiger partial charge is 0.465 e. The molecular formula is C17H21N3O3. The highest BCUT2D eigenvalue weighted by Gasteiger charge is 2.13. The van der Waals surface area contributed by atoms with Crippen LogP contribution in [0.3, 0.4) is 0 Å². The van der Waals surface area contributed by atoms with Crippen LogP contribution in [0.15, 0.2) is 36.9 Å². The van der Waals surface area contributed by atoms with Crippen LogP contribution in [0.5, 0.6) is 0 Å². The van der Waals surface area contributed by atoms with Crippen molar-refractivity contribution < 1.29 is 14.3 Å². The number of amides is 1. The summed E-state index contributed by atoms with van der Waals surface area (Å²) in [6, 6.07) is 7.68. The van der Waals surface area contributed by atoms with Crippen LogP contribution < -0.4 is 5.32 Å². The van der Waals surface area contributed by atoms with Crippen molar-refractivity contribution in [2.45, 2.75) is 26.3 Å². The number of carbonyl (C=O) groups excluding carboxylic acids is 2. The number of hydrogen-bond acceptors (Lipinski definition) is 4. The third-order valence-electron chi connectivity index (χ3n) is 3.39. The summed E-state index contributed by atoms with van der Waals surface area (Å²) in [6.07, 6.45) is 2.63. The summed E-state index contributed by atoms with van der Waals surface area (Å²) in [5.41, 5.74) is 1.76. The third kappa shape index (κ3) is 4.42. The van der Waals surface area contributed by atoms with Gasteiger partial charge in [-0.25, -0.2) is 4.98 Å². The van der Waals surface area contributed by atoms with Crippen molar-refractivity contribution in [3.8, 4) is 0 Å². The van der Waals surface area contributed by atoms with Gasteiger partial charge in [0.1, 0.15) is 12.4 Å². The van der Waals surface area contributed by atoms with Crippen molar-refractivity contribution in [3.05, 3.63) is 42.7 Å². The molecule has 6 heteroatoms. The summed E-state index contributed by atoms with van der Waals surface area (Å²) >= 11 is 0. The molecule has 0 aliphatic heterocycles. The van der Waals surface area contributed by atoms with Gasteiger partial charge in [-0.15, -0.1) is 0 Å². The van der Waals surface area contributed by atoms with Crippen LogP contribution >= 0.6 is 0 Å². The molecule has 0 spiro atoms. The van der Waals surface area contributed by atoms with Crippen molar-refractivity contribution in [1.29, 1.82) is 0 Å². The van der Waals surface area contributed by atoms with Crippen molar-refractivity contribution in [2.75, 3.05) is 13.2 Å². The van der Waals surface area contributed by atoms with Gasteiger partial charge in [0.25, 0.3) is 0 Å². The first-order chi connectivity index (χ1) is 11.2. The molecule has 122 valence electrons. The van der Waals surface area contributed by atoms with E-state index >= 15 is 0 Å². The molecule has 1 heterocycles. The highest BCUT2D eigenvalue weighted by Crippen LogP contribution is 2.17.